The number of aryl methyl sites for hydroxylation is 1. The minimum atomic E-state index is -1.05. The van der Waals surface area contributed by atoms with Crippen molar-refractivity contribution in [3.8, 4) is 0 Å². The molecule has 2 N–H and O–H groups in total. The van der Waals surface area contributed by atoms with E-state index in [1.54, 1.807) is 59.1 Å². The molecule has 3 heterocycles. The summed E-state index contributed by atoms with van der Waals surface area (Å²) in [5.74, 6) is -2.02. The minimum Gasteiger partial charge on any atom is -0.366 e. The summed E-state index contributed by atoms with van der Waals surface area (Å²) in [6.45, 7) is 1.02. The highest BCUT2D eigenvalue weighted by Crippen LogP contribution is 2.44. The number of nitro groups is 1. The van der Waals surface area contributed by atoms with Crippen molar-refractivity contribution in [2.24, 2.45) is 13.0 Å². The van der Waals surface area contributed by atoms with Crippen LogP contribution in [-0.2, 0) is 7.05 Å². The Kier molecular flexibility index (Phi) is 4.87. The molecule has 2 aliphatic heterocycles. The van der Waals surface area contributed by atoms with Gasteiger partial charge >= 0.3 is 0 Å². The Bertz CT molecular complexity index is 1040. The molecule has 4 rings (SSSR count). The molecule has 1 saturated heterocycles. The number of rotatable bonds is 4. The molecule has 150 valence electrons. The molecule has 0 amide bonds. The number of aromatic nitrogens is 1. The Morgan fingerprint density at radius 3 is 2.72 bits per heavy atom. The Morgan fingerprint density at radius 1 is 1.31 bits per heavy atom. The number of halogens is 1. The van der Waals surface area contributed by atoms with E-state index >= 15 is 0 Å². The van der Waals surface area contributed by atoms with Gasteiger partial charge in [0.2, 0.25) is 0 Å². The number of hydrogen-bond donors (Lipinski definition) is 2. The second-order valence-electron chi connectivity index (χ2n) is 7.15. The Hall–Kier alpha value is -3.13. The van der Waals surface area contributed by atoms with Crippen molar-refractivity contribution in [1.29, 1.82) is 5.41 Å². The lowest BCUT2D eigenvalue weighted by Crippen LogP contribution is -2.54. The fourth-order valence-electron chi connectivity index (χ4n) is 4.16. The Labute approximate surface area is 172 Å². The summed E-state index contributed by atoms with van der Waals surface area (Å²) in [6.07, 6.45) is 2.46. The molecule has 2 aromatic rings. The lowest BCUT2D eigenvalue weighted by atomic mass is 9.76. The smallest absolute Gasteiger partial charge is 0.294 e. The van der Waals surface area contributed by atoms with Crippen LogP contribution in [0.15, 0.2) is 54.1 Å². The number of nitrogens with one attached hydrogen (secondary N) is 2. The van der Waals surface area contributed by atoms with Crippen molar-refractivity contribution in [2.75, 3.05) is 13.1 Å². The summed E-state index contributed by atoms with van der Waals surface area (Å²) >= 11 is 6.41. The lowest BCUT2D eigenvalue weighted by Gasteiger charge is -2.41. The number of carbonyl (C=O) groups is 1. The molecule has 9 heteroatoms. The topological polar surface area (TPSA) is 104 Å². The first-order valence-corrected chi connectivity index (χ1v) is 9.68. The third-order valence-corrected chi connectivity index (χ3v) is 5.84. The quantitative estimate of drug-likeness (QED) is 0.455. The van der Waals surface area contributed by atoms with Crippen LogP contribution in [0.1, 0.15) is 28.4 Å². The fraction of sp³-hybridized carbons (Fsp3) is 0.300. The van der Waals surface area contributed by atoms with E-state index in [1.165, 1.54) is 0 Å². The van der Waals surface area contributed by atoms with Gasteiger partial charge in [-0.15, -0.1) is 0 Å². The molecule has 1 aromatic heterocycles. The highest BCUT2D eigenvalue weighted by atomic mass is 35.5. The molecule has 29 heavy (non-hydrogen) atoms. The number of ketones is 1. The molecule has 2 atom stereocenters. The van der Waals surface area contributed by atoms with Crippen molar-refractivity contribution >= 4 is 23.2 Å². The molecule has 0 bridgehead atoms. The van der Waals surface area contributed by atoms with E-state index in [-0.39, 0.29) is 23.1 Å². The van der Waals surface area contributed by atoms with Crippen molar-refractivity contribution in [3.63, 3.8) is 0 Å². The second-order valence-corrected chi connectivity index (χ2v) is 7.56. The summed E-state index contributed by atoms with van der Waals surface area (Å²) in [5.41, 5.74) is 0.743. The van der Waals surface area contributed by atoms with Crippen LogP contribution in [0.3, 0.4) is 0 Å². The van der Waals surface area contributed by atoms with Gasteiger partial charge in [-0.05, 0) is 30.2 Å². The van der Waals surface area contributed by atoms with Gasteiger partial charge in [-0.25, -0.2) is 0 Å². The third-order valence-electron chi connectivity index (χ3n) is 5.49. The number of nitrogens with zero attached hydrogens (tertiary/aromatic N) is 3. The number of hydrogen-bond acceptors (Lipinski definition) is 5. The normalized spacial score (nSPS) is 21.6. The highest BCUT2D eigenvalue weighted by molar-refractivity contribution is 6.31. The Morgan fingerprint density at radius 2 is 2.07 bits per heavy atom. The van der Waals surface area contributed by atoms with Gasteiger partial charge in [0, 0.05) is 31.4 Å². The van der Waals surface area contributed by atoms with Crippen LogP contribution < -0.4 is 5.32 Å². The van der Waals surface area contributed by atoms with Crippen molar-refractivity contribution in [2.45, 2.75) is 12.3 Å². The number of fused-ring (bicyclic) bond motifs is 1. The molecule has 0 radical (unpaired) electrons. The molecule has 1 aromatic carbocycles. The van der Waals surface area contributed by atoms with Crippen LogP contribution in [0.2, 0.25) is 5.02 Å². The van der Waals surface area contributed by atoms with Crippen molar-refractivity contribution in [3.05, 3.63) is 80.5 Å². The van der Waals surface area contributed by atoms with Crippen molar-refractivity contribution < 1.29 is 9.72 Å². The van der Waals surface area contributed by atoms with Crippen molar-refractivity contribution in [1.82, 2.24) is 14.8 Å². The number of benzene rings is 1. The number of carbonyl (C=O) groups excluding carboxylic acids is 1. The van der Waals surface area contributed by atoms with E-state index in [0.717, 1.165) is 6.42 Å². The second kappa shape index (κ2) is 7.36. The van der Waals surface area contributed by atoms with Gasteiger partial charge in [0.05, 0.1) is 22.5 Å². The van der Waals surface area contributed by atoms with Gasteiger partial charge in [-0.2, -0.15) is 0 Å². The monoisotopic (exact) mass is 413 g/mol. The molecule has 0 saturated carbocycles. The largest absolute Gasteiger partial charge is 0.366 e. The molecule has 8 nitrogen and oxygen atoms in total. The molecule has 2 unspecified atom stereocenters. The van der Waals surface area contributed by atoms with Gasteiger partial charge in [-0.3, -0.25) is 20.3 Å². The molecular weight excluding hydrogens is 394 g/mol. The fourth-order valence-corrected chi connectivity index (χ4v) is 4.41. The summed E-state index contributed by atoms with van der Waals surface area (Å²) in [4.78, 5) is 26.8. The third kappa shape index (κ3) is 3.09. The molecule has 0 aliphatic carbocycles. The SMILES string of the molecule is Cn1cccc1C(=O)C1C(=N)N2CCCNC2=C([N+](=O)[O-])C1c1ccccc1Cl. The maximum absolute atomic E-state index is 13.5. The van der Waals surface area contributed by atoms with Gasteiger partial charge in [0.15, 0.2) is 11.6 Å². The zero-order valence-corrected chi connectivity index (χ0v) is 16.5. The zero-order chi connectivity index (χ0) is 20.7. The molecule has 2 aliphatic rings. The highest BCUT2D eigenvalue weighted by Gasteiger charge is 2.51. The average Bonchev–Trinajstić information content (AvgIpc) is 3.13. The van der Waals surface area contributed by atoms with Crippen LogP contribution in [-0.4, -0.2) is 39.1 Å². The van der Waals surface area contributed by atoms with E-state index in [9.17, 15) is 14.9 Å². The maximum atomic E-state index is 13.5. The molecule has 0 spiro atoms. The van der Waals surface area contributed by atoms with Crippen LogP contribution in [0.5, 0.6) is 0 Å². The van der Waals surface area contributed by atoms with E-state index in [0.29, 0.717) is 29.4 Å². The predicted molar refractivity (Wildman–Crippen MR) is 108 cm³/mol. The standard InChI is InChI=1S/C20H20ClN5O3/c1-24-10-4-8-14(24)18(27)16-15(12-6-2-3-7-13(12)21)17(26(28)29)20-23-9-5-11-25(20)19(16)22/h2-4,6-8,10,15-16,22-23H,5,9,11H2,1H3. The predicted octanol–water partition coefficient (Wildman–Crippen LogP) is 2.99. The van der Waals surface area contributed by atoms with Crippen LogP contribution in [0.25, 0.3) is 0 Å². The first-order chi connectivity index (χ1) is 13.9. The van der Waals surface area contributed by atoms with Gasteiger partial charge in [-0.1, -0.05) is 29.8 Å². The Balaban J connectivity index is 1.97. The lowest BCUT2D eigenvalue weighted by molar-refractivity contribution is -0.434. The number of allylic oxidation sites excluding steroid dienone is 1. The molecular formula is C20H20ClN5O3. The van der Waals surface area contributed by atoms with Crippen LogP contribution in [0.4, 0.5) is 0 Å². The van der Waals surface area contributed by atoms with Gasteiger partial charge in [0.1, 0.15) is 5.84 Å². The van der Waals surface area contributed by atoms with Crippen LogP contribution in [0, 0.1) is 21.4 Å². The minimum absolute atomic E-state index is 0.0499. The number of amidine groups is 1. The van der Waals surface area contributed by atoms with Gasteiger partial charge in [0.25, 0.3) is 5.70 Å². The number of Topliss-reactive ketones (excluding diaryl/α,β-unsaturated/α-hetero) is 1. The maximum Gasteiger partial charge on any atom is 0.294 e. The van der Waals surface area contributed by atoms with E-state index in [4.69, 9.17) is 17.0 Å². The van der Waals surface area contributed by atoms with Crippen LogP contribution >= 0.6 is 11.6 Å². The van der Waals surface area contributed by atoms with Gasteiger partial charge < -0.3 is 14.8 Å². The summed E-state index contributed by atoms with van der Waals surface area (Å²) in [5, 5.41) is 24.4. The first-order valence-electron chi connectivity index (χ1n) is 9.30. The van der Waals surface area contributed by atoms with E-state index in [2.05, 4.69) is 5.32 Å². The zero-order valence-electron chi connectivity index (χ0n) is 15.8. The summed E-state index contributed by atoms with van der Waals surface area (Å²) in [6, 6.07) is 10.2. The average molecular weight is 414 g/mol. The molecule has 1 fully saturated rings. The first kappa shape index (κ1) is 19.2. The van der Waals surface area contributed by atoms with E-state index in [1.807, 2.05) is 0 Å². The summed E-state index contributed by atoms with van der Waals surface area (Å²) < 4.78 is 1.67. The van der Waals surface area contributed by atoms with E-state index < -0.39 is 16.8 Å². The summed E-state index contributed by atoms with van der Waals surface area (Å²) in [7, 11) is 1.74.